The molecule has 0 amide bonds. The van der Waals surface area contributed by atoms with Crippen LogP contribution in [0.1, 0.15) is 5.76 Å². The maximum atomic E-state index is 8.55. The minimum absolute atomic E-state index is 0.180. The van der Waals surface area contributed by atoms with Crippen LogP contribution in [-0.2, 0) is 0 Å². The van der Waals surface area contributed by atoms with Crippen molar-refractivity contribution in [2.45, 2.75) is 0 Å². The number of nitrogens with one attached hydrogen (secondary N) is 2. The Kier molecular flexibility index (Phi) is 2.94. The fourth-order valence-corrected chi connectivity index (χ4v) is 1.42. The Bertz CT molecular complexity index is 505. The van der Waals surface area contributed by atoms with Crippen LogP contribution in [0.2, 0.25) is 5.02 Å². The molecule has 0 bridgehead atoms. The molecule has 0 fully saturated rings. The Morgan fingerprint density at radius 3 is 2.50 bits per heavy atom. The number of hydroxylamine groups is 1. The van der Waals surface area contributed by atoms with Gasteiger partial charge < -0.3 is 4.42 Å². The van der Waals surface area contributed by atoms with Crippen molar-refractivity contribution < 1.29 is 9.62 Å². The second kappa shape index (κ2) is 4.38. The van der Waals surface area contributed by atoms with Gasteiger partial charge in [-0.25, -0.2) is 5.48 Å². The average molecular weight is 237 g/mol. The van der Waals surface area contributed by atoms with Crippen LogP contribution in [-0.4, -0.2) is 11.0 Å². The van der Waals surface area contributed by atoms with E-state index < -0.39 is 0 Å². The van der Waals surface area contributed by atoms with E-state index in [-0.39, 0.29) is 11.6 Å². The highest BCUT2D eigenvalue weighted by Crippen LogP contribution is 2.23. The van der Waals surface area contributed by atoms with Crippen LogP contribution >= 0.6 is 11.6 Å². The molecule has 2 aromatic rings. The number of amidine groups is 1. The van der Waals surface area contributed by atoms with Gasteiger partial charge in [0.15, 0.2) is 11.6 Å². The number of halogens is 1. The lowest BCUT2D eigenvalue weighted by atomic mass is 10.2. The summed E-state index contributed by atoms with van der Waals surface area (Å²) >= 11 is 5.77. The first-order valence-corrected chi connectivity index (χ1v) is 4.93. The third-order valence-corrected chi connectivity index (χ3v) is 2.34. The topological polar surface area (TPSA) is 69.2 Å². The highest BCUT2D eigenvalue weighted by molar-refractivity contribution is 6.30. The Morgan fingerprint density at radius 1 is 1.19 bits per heavy atom. The molecular formula is C11H9ClN2O2. The van der Waals surface area contributed by atoms with Crippen molar-refractivity contribution in [3.8, 4) is 11.3 Å². The molecule has 1 aromatic heterocycles. The van der Waals surface area contributed by atoms with E-state index in [1.807, 2.05) is 12.1 Å². The van der Waals surface area contributed by atoms with Gasteiger partial charge in [0.25, 0.3) is 0 Å². The third kappa shape index (κ3) is 2.08. The van der Waals surface area contributed by atoms with Gasteiger partial charge in [-0.2, -0.15) is 0 Å². The Hall–Kier alpha value is -1.78. The maximum absolute atomic E-state index is 8.55. The standard InChI is InChI=1S/C11H9ClN2O2/c12-8-3-1-7(2-4-8)9-5-6-10(16-9)11(13)14-15/h1-6,15H,(H2,13,14). The fourth-order valence-electron chi connectivity index (χ4n) is 1.30. The molecule has 5 heteroatoms. The summed E-state index contributed by atoms with van der Waals surface area (Å²) in [4.78, 5) is 0. The molecule has 1 heterocycles. The monoisotopic (exact) mass is 236 g/mol. The molecule has 82 valence electrons. The van der Waals surface area contributed by atoms with Crippen molar-refractivity contribution >= 4 is 17.4 Å². The van der Waals surface area contributed by atoms with Crippen molar-refractivity contribution in [3.05, 3.63) is 47.2 Å². The van der Waals surface area contributed by atoms with Crippen LogP contribution in [0.4, 0.5) is 0 Å². The lowest BCUT2D eigenvalue weighted by molar-refractivity contribution is 0.232. The summed E-state index contributed by atoms with van der Waals surface area (Å²) in [5.74, 6) is 0.708. The average Bonchev–Trinajstić information content (AvgIpc) is 2.78. The van der Waals surface area contributed by atoms with E-state index >= 15 is 0 Å². The largest absolute Gasteiger partial charge is 0.453 e. The third-order valence-electron chi connectivity index (χ3n) is 2.09. The van der Waals surface area contributed by atoms with E-state index in [0.717, 1.165) is 5.56 Å². The summed E-state index contributed by atoms with van der Waals surface area (Å²) in [6, 6.07) is 10.5. The quantitative estimate of drug-likeness (QED) is 0.427. The minimum atomic E-state index is -0.180. The van der Waals surface area contributed by atoms with Gasteiger partial charge in [-0.3, -0.25) is 10.6 Å². The van der Waals surface area contributed by atoms with Gasteiger partial charge in [-0.15, -0.1) is 0 Å². The summed E-state index contributed by atoms with van der Waals surface area (Å²) in [6.07, 6.45) is 0. The SMILES string of the molecule is N=C(NO)c1ccc(-c2ccc(Cl)cc2)o1. The van der Waals surface area contributed by atoms with Gasteiger partial charge in [-0.05, 0) is 36.4 Å². The lowest BCUT2D eigenvalue weighted by Gasteiger charge is -1.98. The van der Waals surface area contributed by atoms with E-state index in [1.165, 1.54) is 0 Å². The molecule has 0 atom stereocenters. The molecule has 2 rings (SSSR count). The van der Waals surface area contributed by atoms with Gasteiger partial charge in [0.05, 0.1) is 0 Å². The van der Waals surface area contributed by atoms with Crippen LogP contribution in [0, 0.1) is 5.41 Å². The molecule has 0 spiro atoms. The van der Waals surface area contributed by atoms with Crippen molar-refractivity contribution in [1.82, 2.24) is 5.48 Å². The van der Waals surface area contributed by atoms with E-state index in [0.29, 0.717) is 10.8 Å². The van der Waals surface area contributed by atoms with Crippen LogP contribution < -0.4 is 5.48 Å². The van der Waals surface area contributed by atoms with Crippen molar-refractivity contribution in [2.75, 3.05) is 0 Å². The molecule has 3 N–H and O–H groups in total. The van der Waals surface area contributed by atoms with Crippen LogP contribution in [0.5, 0.6) is 0 Å². The second-order valence-electron chi connectivity index (χ2n) is 3.16. The van der Waals surface area contributed by atoms with Crippen molar-refractivity contribution in [1.29, 1.82) is 5.41 Å². The Balaban J connectivity index is 2.31. The number of furan rings is 1. The summed E-state index contributed by atoms with van der Waals surface area (Å²) in [5.41, 5.74) is 2.59. The summed E-state index contributed by atoms with van der Waals surface area (Å²) in [7, 11) is 0. The molecule has 0 aliphatic carbocycles. The highest BCUT2D eigenvalue weighted by atomic mass is 35.5. The zero-order chi connectivity index (χ0) is 11.5. The van der Waals surface area contributed by atoms with Crippen LogP contribution in [0.15, 0.2) is 40.8 Å². The molecule has 1 aromatic carbocycles. The van der Waals surface area contributed by atoms with Gasteiger partial charge in [0, 0.05) is 10.6 Å². The molecule has 4 nitrogen and oxygen atoms in total. The molecule has 0 aliphatic rings. The van der Waals surface area contributed by atoms with Gasteiger partial charge >= 0.3 is 0 Å². The number of hydrogen-bond acceptors (Lipinski definition) is 3. The van der Waals surface area contributed by atoms with Crippen LogP contribution in [0.25, 0.3) is 11.3 Å². The van der Waals surface area contributed by atoms with E-state index in [9.17, 15) is 0 Å². The lowest BCUT2D eigenvalue weighted by Crippen LogP contribution is -2.17. The highest BCUT2D eigenvalue weighted by Gasteiger charge is 2.07. The number of rotatable bonds is 2. The summed E-state index contributed by atoms with van der Waals surface area (Å²) in [5, 5.41) is 16.5. The summed E-state index contributed by atoms with van der Waals surface area (Å²) in [6.45, 7) is 0. The normalized spacial score (nSPS) is 10.1. The first-order valence-electron chi connectivity index (χ1n) is 4.55. The molecule has 16 heavy (non-hydrogen) atoms. The van der Waals surface area contributed by atoms with Gasteiger partial charge in [0.1, 0.15) is 5.76 Å². The molecule has 0 aliphatic heterocycles. The Morgan fingerprint density at radius 2 is 1.88 bits per heavy atom. The maximum Gasteiger partial charge on any atom is 0.185 e. The van der Waals surface area contributed by atoms with Crippen LogP contribution in [0.3, 0.4) is 0 Å². The zero-order valence-corrected chi connectivity index (χ0v) is 8.95. The molecule has 0 radical (unpaired) electrons. The summed E-state index contributed by atoms with van der Waals surface area (Å²) < 4.78 is 5.37. The number of hydrogen-bond donors (Lipinski definition) is 3. The molecule has 0 saturated heterocycles. The van der Waals surface area contributed by atoms with E-state index in [4.69, 9.17) is 26.6 Å². The van der Waals surface area contributed by atoms with E-state index in [2.05, 4.69) is 0 Å². The predicted octanol–water partition coefficient (Wildman–Crippen LogP) is 2.90. The molecular weight excluding hydrogens is 228 g/mol. The first-order chi connectivity index (χ1) is 7.70. The first kappa shape index (κ1) is 10.7. The zero-order valence-electron chi connectivity index (χ0n) is 8.20. The van der Waals surface area contributed by atoms with Gasteiger partial charge in [0.2, 0.25) is 0 Å². The van der Waals surface area contributed by atoms with Crippen molar-refractivity contribution in [2.24, 2.45) is 0 Å². The number of benzene rings is 1. The fraction of sp³-hybridized carbons (Fsp3) is 0. The van der Waals surface area contributed by atoms with Gasteiger partial charge in [-0.1, -0.05) is 11.6 Å². The molecule has 0 unspecified atom stereocenters. The van der Waals surface area contributed by atoms with Crippen molar-refractivity contribution in [3.63, 3.8) is 0 Å². The molecule has 0 saturated carbocycles. The minimum Gasteiger partial charge on any atom is -0.453 e. The van der Waals surface area contributed by atoms with E-state index in [1.54, 1.807) is 29.7 Å². The Labute approximate surface area is 96.9 Å². The smallest absolute Gasteiger partial charge is 0.185 e. The predicted molar refractivity (Wildman–Crippen MR) is 60.9 cm³/mol. The second-order valence-corrected chi connectivity index (χ2v) is 3.59.